The van der Waals surface area contributed by atoms with E-state index in [0.29, 0.717) is 17.3 Å². The van der Waals surface area contributed by atoms with Crippen LogP contribution in [-0.4, -0.2) is 24.9 Å². The molecule has 3 rings (SSSR count). The smallest absolute Gasteiger partial charge is 0.344 e. The Labute approximate surface area is 120 Å². The number of aromatic amines is 1. The topological polar surface area (TPSA) is 83.8 Å². The zero-order valence-electron chi connectivity index (χ0n) is 11.1. The van der Waals surface area contributed by atoms with E-state index in [-0.39, 0.29) is 11.7 Å². The molecule has 0 aliphatic heterocycles. The molecule has 2 aromatic heterocycles. The average Bonchev–Trinajstić information content (AvgIpc) is 3.24. The molecule has 0 spiro atoms. The van der Waals surface area contributed by atoms with Crippen LogP contribution in [-0.2, 0) is 0 Å². The molecule has 0 aromatic carbocycles. The van der Waals surface area contributed by atoms with Crippen molar-refractivity contribution in [2.75, 3.05) is 0 Å². The summed E-state index contributed by atoms with van der Waals surface area (Å²) in [5.74, 6) is 0. The van der Waals surface area contributed by atoms with Gasteiger partial charge in [-0.1, -0.05) is 6.92 Å². The van der Waals surface area contributed by atoms with Gasteiger partial charge in [0.25, 0.3) is 0 Å². The van der Waals surface area contributed by atoms with Gasteiger partial charge in [-0.2, -0.15) is 0 Å². The standard InChI is InChI=1S/C13H16N4O2S/c1-2-11(18)10-6-5-9(7-14-10)20-13-16-15-12(19)17(13)8-3-4-8/h5-8,11,18H,2-4H2,1H3,(H,15,19). The summed E-state index contributed by atoms with van der Waals surface area (Å²) >= 11 is 1.41. The number of pyridine rings is 1. The van der Waals surface area contributed by atoms with E-state index in [1.807, 2.05) is 19.1 Å². The molecule has 7 heteroatoms. The maximum absolute atomic E-state index is 11.7. The maximum atomic E-state index is 11.7. The van der Waals surface area contributed by atoms with E-state index in [4.69, 9.17) is 0 Å². The molecular formula is C13H16N4O2S. The first-order chi connectivity index (χ1) is 9.69. The highest BCUT2D eigenvalue weighted by molar-refractivity contribution is 7.99. The molecule has 1 unspecified atom stereocenters. The van der Waals surface area contributed by atoms with Crippen LogP contribution in [0.25, 0.3) is 0 Å². The van der Waals surface area contributed by atoms with E-state index >= 15 is 0 Å². The van der Waals surface area contributed by atoms with Gasteiger partial charge in [-0.3, -0.25) is 9.55 Å². The first kappa shape index (κ1) is 13.4. The van der Waals surface area contributed by atoms with Crippen molar-refractivity contribution in [2.45, 2.75) is 48.4 Å². The lowest BCUT2D eigenvalue weighted by atomic mass is 10.2. The van der Waals surface area contributed by atoms with E-state index in [1.54, 1.807) is 10.8 Å². The van der Waals surface area contributed by atoms with Crippen LogP contribution in [0.3, 0.4) is 0 Å². The fourth-order valence-electron chi connectivity index (χ4n) is 1.98. The molecule has 2 heterocycles. The Morgan fingerprint density at radius 2 is 2.35 bits per heavy atom. The van der Waals surface area contributed by atoms with Crippen LogP contribution in [0.1, 0.15) is 44.0 Å². The molecular weight excluding hydrogens is 276 g/mol. The van der Waals surface area contributed by atoms with Crippen LogP contribution in [0.4, 0.5) is 0 Å². The Morgan fingerprint density at radius 3 is 2.95 bits per heavy atom. The lowest BCUT2D eigenvalue weighted by molar-refractivity contribution is 0.169. The van der Waals surface area contributed by atoms with Gasteiger partial charge in [0.15, 0.2) is 5.16 Å². The SMILES string of the molecule is CCC(O)c1ccc(Sc2n[nH]c(=O)n2C2CC2)cn1. The summed E-state index contributed by atoms with van der Waals surface area (Å²) in [7, 11) is 0. The number of hydrogen-bond acceptors (Lipinski definition) is 5. The van der Waals surface area contributed by atoms with Crippen molar-refractivity contribution in [1.82, 2.24) is 19.7 Å². The van der Waals surface area contributed by atoms with Crippen molar-refractivity contribution in [3.05, 3.63) is 34.5 Å². The molecule has 1 saturated carbocycles. The zero-order valence-corrected chi connectivity index (χ0v) is 11.9. The molecule has 1 atom stereocenters. The summed E-state index contributed by atoms with van der Waals surface area (Å²) in [6.07, 6.45) is 3.89. The fourth-order valence-corrected chi connectivity index (χ4v) is 2.85. The zero-order chi connectivity index (χ0) is 14.1. The fraction of sp³-hybridized carbons (Fsp3) is 0.462. The number of aromatic nitrogens is 4. The number of rotatable bonds is 5. The summed E-state index contributed by atoms with van der Waals surface area (Å²) in [6.45, 7) is 1.91. The third-order valence-corrected chi connectivity index (χ3v) is 4.23. The lowest BCUT2D eigenvalue weighted by Crippen LogP contribution is -2.15. The van der Waals surface area contributed by atoms with Crippen LogP contribution < -0.4 is 5.69 Å². The molecule has 1 aliphatic carbocycles. The molecule has 0 radical (unpaired) electrons. The van der Waals surface area contributed by atoms with E-state index in [9.17, 15) is 9.90 Å². The number of aliphatic hydroxyl groups is 1. The Morgan fingerprint density at radius 1 is 1.55 bits per heavy atom. The Bertz CT molecular complexity index is 645. The first-order valence-electron chi connectivity index (χ1n) is 6.67. The van der Waals surface area contributed by atoms with E-state index < -0.39 is 6.10 Å². The van der Waals surface area contributed by atoms with E-state index in [0.717, 1.165) is 17.7 Å². The molecule has 1 aliphatic rings. The predicted molar refractivity (Wildman–Crippen MR) is 74.7 cm³/mol. The van der Waals surface area contributed by atoms with Gasteiger partial charge in [0.1, 0.15) is 0 Å². The summed E-state index contributed by atoms with van der Waals surface area (Å²) in [5, 5.41) is 16.9. The van der Waals surface area contributed by atoms with E-state index in [1.165, 1.54) is 11.8 Å². The first-order valence-corrected chi connectivity index (χ1v) is 7.49. The molecule has 6 nitrogen and oxygen atoms in total. The predicted octanol–water partition coefficient (Wildman–Crippen LogP) is 1.90. The summed E-state index contributed by atoms with van der Waals surface area (Å²) in [5.41, 5.74) is 0.513. The van der Waals surface area contributed by atoms with Gasteiger partial charge in [0, 0.05) is 17.1 Å². The number of nitrogens with one attached hydrogen (secondary N) is 1. The molecule has 20 heavy (non-hydrogen) atoms. The van der Waals surface area contributed by atoms with Crippen molar-refractivity contribution < 1.29 is 5.11 Å². The van der Waals surface area contributed by atoms with Gasteiger partial charge in [-0.15, -0.1) is 5.10 Å². The molecule has 0 saturated heterocycles. The van der Waals surface area contributed by atoms with Crippen molar-refractivity contribution in [2.24, 2.45) is 0 Å². The van der Waals surface area contributed by atoms with Gasteiger partial charge in [0.2, 0.25) is 0 Å². The normalized spacial score (nSPS) is 16.3. The van der Waals surface area contributed by atoms with Crippen molar-refractivity contribution in [3.63, 3.8) is 0 Å². The lowest BCUT2D eigenvalue weighted by Gasteiger charge is -2.07. The quantitative estimate of drug-likeness (QED) is 0.879. The summed E-state index contributed by atoms with van der Waals surface area (Å²) in [6, 6.07) is 3.99. The van der Waals surface area contributed by atoms with Crippen LogP contribution in [0.15, 0.2) is 33.2 Å². The average molecular weight is 292 g/mol. The molecule has 1 fully saturated rings. The van der Waals surface area contributed by atoms with Crippen LogP contribution in [0.2, 0.25) is 0 Å². The van der Waals surface area contributed by atoms with Gasteiger partial charge < -0.3 is 5.11 Å². The van der Waals surface area contributed by atoms with Gasteiger partial charge in [-0.05, 0) is 43.2 Å². The van der Waals surface area contributed by atoms with Crippen molar-refractivity contribution in [3.8, 4) is 0 Å². The van der Waals surface area contributed by atoms with Crippen LogP contribution in [0, 0.1) is 0 Å². The van der Waals surface area contributed by atoms with Gasteiger partial charge in [-0.25, -0.2) is 9.89 Å². The Hall–Kier alpha value is -1.60. The van der Waals surface area contributed by atoms with Gasteiger partial charge >= 0.3 is 5.69 Å². The number of aliphatic hydroxyl groups excluding tert-OH is 1. The van der Waals surface area contributed by atoms with Crippen LogP contribution in [0.5, 0.6) is 0 Å². The number of nitrogens with zero attached hydrogens (tertiary/aromatic N) is 3. The molecule has 0 bridgehead atoms. The number of hydrogen-bond donors (Lipinski definition) is 2. The number of H-pyrrole nitrogens is 1. The highest BCUT2D eigenvalue weighted by Crippen LogP contribution is 2.37. The second kappa shape index (κ2) is 5.41. The minimum atomic E-state index is -0.524. The highest BCUT2D eigenvalue weighted by atomic mass is 32.2. The molecule has 106 valence electrons. The maximum Gasteiger partial charge on any atom is 0.344 e. The third-order valence-electron chi connectivity index (χ3n) is 3.28. The summed E-state index contributed by atoms with van der Waals surface area (Å²) < 4.78 is 1.71. The minimum Gasteiger partial charge on any atom is -0.387 e. The minimum absolute atomic E-state index is 0.152. The van der Waals surface area contributed by atoms with Crippen molar-refractivity contribution >= 4 is 11.8 Å². The monoisotopic (exact) mass is 292 g/mol. The Kier molecular flexibility index (Phi) is 3.62. The Balaban J connectivity index is 1.79. The highest BCUT2D eigenvalue weighted by Gasteiger charge is 2.28. The summed E-state index contributed by atoms with van der Waals surface area (Å²) in [4.78, 5) is 16.8. The largest absolute Gasteiger partial charge is 0.387 e. The van der Waals surface area contributed by atoms with Crippen LogP contribution >= 0.6 is 11.8 Å². The molecule has 0 amide bonds. The second-order valence-electron chi connectivity index (χ2n) is 4.86. The van der Waals surface area contributed by atoms with Gasteiger partial charge in [0.05, 0.1) is 11.8 Å². The van der Waals surface area contributed by atoms with Crippen molar-refractivity contribution in [1.29, 1.82) is 0 Å². The molecule has 2 N–H and O–H groups in total. The second-order valence-corrected chi connectivity index (χ2v) is 5.90. The third kappa shape index (κ3) is 2.64. The van der Waals surface area contributed by atoms with E-state index in [2.05, 4.69) is 15.2 Å². The molecule has 2 aromatic rings.